The second-order valence-electron chi connectivity index (χ2n) is 7.83. The molecule has 1 atom stereocenters. The third-order valence-corrected chi connectivity index (χ3v) is 5.90. The highest BCUT2D eigenvalue weighted by atomic mass is 19.1. The van der Waals surface area contributed by atoms with E-state index in [0.29, 0.717) is 12.6 Å². The van der Waals surface area contributed by atoms with Gasteiger partial charge in [0.25, 0.3) is 0 Å². The second kappa shape index (κ2) is 7.31. The highest BCUT2D eigenvalue weighted by Crippen LogP contribution is 2.35. The van der Waals surface area contributed by atoms with E-state index in [1.807, 2.05) is 17.0 Å². The Balaban J connectivity index is 1.57. The maximum atomic E-state index is 13.4. The molecule has 0 saturated heterocycles. The maximum absolute atomic E-state index is 13.4. The van der Waals surface area contributed by atoms with Gasteiger partial charge in [0, 0.05) is 18.6 Å². The predicted octanol–water partition coefficient (Wildman–Crippen LogP) is 3.58. The van der Waals surface area contributed by atoms with E-state index in [0.717, 1.165) is 30.4 Å². The largest absolute Gasteiger partial charge is 0.335 e. The molecule has 0 radical (unpaired) electrons. The van der Waals surface area contributed by atoms with Crippen molar-refractivity contribution in [3.05, 3.63) is 71.0 Å². The van der Waals surface area contributed by atoms with Crippen molar-refractivity contribution in [3.8, 4) is 0 Å². The number of carbonyl (C=O) groups is 1. The SMILES string of the molecule is CN(C)[C@H]1C[C@@H](NC(=O)N2CCc3ccccc3[C@@H]2c2ccc(F)cc2)C1. The van der Waals surface area contributed by atoms with Crippen LogP contribution in [-0.2, 0) is 6.42 Å². The molecular formula is C22H26FN3O. The molecule has 27 heavy (non-hydrogen) atoms. The van der Waals surface area contributed by atoms with Gasteiger partial charge in [0.15, 0.2) is 0 Å². The minimum absolute atomic E-state index is 0.0268. The average Bonchev–Trinajstić information content (AvgIpc) is 2.63. The zero-order valence-corrected chi connectivity index (χ0v) is 15.9. The number of hydrogen-bond donors (Lipinski definition) is 1. The van der Waals surface area contributed by atoms with Crippen molar-refractivity contribution >= 4 is 6.03 Å². The molecule has 1 fully saturated rings. The molecule has 0 spiro atoms. The van der Waals surface area contributed by atoms with Crippen LogP contribution >= 0.6 is 0 Å². The van der Waals surface area contributed by atoms with Crippen molar-refractivity contribution in [1.82, 2.24) is 15.1 Å². The smallest absolute Gasteiger partial charge is 0.318 e. The van der Waals surface area contributed by atoms with Crippen molar-refractivity contribution in [2.24, 2.45) is 0 Å². The van der Waals surface area contributed by atoms with Gasteiger partial charge in [-0.15, -0.1) is 0 Å². The van der Waals surface area contributed by atoms with Crippen LogP contribution in [-0.4, -0.2) is 48.6 Å². The van der Waals surface area contributed by atoms with Crippen molar-refractivity contribution in [2.75, 3.05) is 20.6 Å². The van der Waals surface area contributed by atoms with Crippen molar-refractivity contribution in [3.63, 3.8) is 0 Å². The van der Waals surface area contributed by atoms with Crippen LogP contribution in [0.25, 0.3) is 0 Å². The summed E-state index contributed by atoms with van der Waals surface area (Å²) in [5, 5.41) is 3.20. The lowest BCUT2D eigenvalue weighted by atomic mass is 9.85. The number of halogens is 1. The van der Waals surface area contributed by atoms with Gasteiger partial charge in [-0.25, -0.2) is 9.18 Å². The second-order valence-corrected chi connectivity index (χ2v) is 7.83. The van der Waals surface area contributed by atoms with Crippen LogP contribution in [0.2, 0.25) is 0 Å². The van der Waals surface area contributed by atoms with Gasteiger partial charge in [0.2, 0.25) is 0 Å². The first-order chi connectivity index (χ1) is 13.0. The average molecular weight is 367 g/mol. The fourth-order valence-electron chi connectivity index (χ4n) is 4.17. The van der Waals surface area contributed by atoms with Crippen LogP contribution in [0, 0.1) is 5.82 Å². The summed E-state index contributed by atoms with van der Waals surface area (Å²) >= 11 is 0. The number of nitrogens with one attached hydrogen (secondary N) is 1. The van der Waals surface area contributed by atoms with Crippen LogP contribution in [0.15, 0.2) is 48.5 Å². The number of rotatable bonds is 3. The Morgan fingerprint density at radius 2 is 1.81 bits per heavy atom. The summed E-state index contributed by atoms with van der Waals surface area (Å²) in [5.74, 6) is -0.261. The molecule has 5 heteroatoms. The summed E-state index contributed by atoms with van der Waals surface area (Å²) in [5.41, 5.74) is 3.33. The normalized spacial score (nSPS) is 24.3. The topological polar surface area (TPSA) is 35.6 Å². The molecule has 2 aromatic rings. The van der Waals surface area contributed by atoms with Crippen molar-refractivity contribution in [1.29, 1.82) is 0 Å². The molecular weight excluding hydrogens is 341 g/mol. The van der Waals surface area contributed by atoms with E-state index in [-0.39, 0.29) is 23.9 Å². The van der Waals surface area contributed by atoms with Gasteiger partial charge in [-0.05, 0) is 62.2 Å². The molecule has 1 aliphatic carbocycles. The van der Waals surface area contributed by atoms with E-state index < -0.39 is 0 Å². The maximum Gasteiger partial charge on any atom is 0.318 e. The van der Waals surface area contributed by atoms with E-state index in [1.165, 1.54) is 17.7 Å². The molecule has 4 rings (SSSR count). The van der Waals surface area contributed by atoms with Gasteiger partial charge in [-0.3, -0.25) is 0 Å². The fourth-order valence-corrected chi connectivity index (χ4v) is 4.17. The van der Waals surface area contributed by atoms with Crippen LogP contribution in [0.1, 0.15) is 35.6 Å². The highest BCUT2D eigenvalue weighted by Gasteiger charge is 2.36. The molecule has 2 aromatic carbocycles. The van der Waals surface area contributed by atoms with Crippen LogP contribution in [0.4, 0.5) is 9.18 Å². The molecule has 4 nitrogen and oxygen atoms in total. The zero-order chi connectivity index (χ0) is 19.0. The Bertz CT molecular complexity index is 815. The summed E-state index contributed by atoms with van der Waals surface area (Å²) in [4.78, 5) is 17.2. The van der Waals surface area contributed by atoms with Gasteiger partial charge >= 0.3 is 6.03 Å². The molecule has 1 N–H and O–H groups in total. The number of nitrogens with zero attached hydrogens (tertiary/aromatic N) is 2. The fraction of sp³-hybridized carbons (Fsp3) is 0.409. The van der Waals surface area contributed by atoms with Crippen molar-refractivity contribution < 1.29 is 9.18 Å². The molecule has 0 bridgehead atoms. The third-order valence-electron chi connectivity index (χ3n) is 5.90. The van der Waals surface area contributed by atoms with Crippen LogP contribution < -0.4 is 5.32 Å². The molecule has 0 unspecified atom stereocenters. The lowest BCUT2D eigenvalue weighted by Crippen LogP contribution is -2.56. The molecule has 1 heterocycles. The Morgan fingerprint density at radius 1 is 1.11 bits per heavy atom. The molecule has 0 aromatic heterocycles. The minimum Gasteiger partial charge on any atom is -0.335 e. The number of urea groups is 1. The number of benzene rings is 2. The molecule has 2 aliphatic rings. The Hall–Kier alpha value is -2.40. The summed E-state index contributed by atoms with van der Waals surface area (Å²) in [6.45, 7) is 0.661. The number of amides is 2. The number of hydrogen-bond acceptors (Lipinski definition) is 2. The van der Waals surface area contributed by atoms with E-state index in [2.05, 4.69) is 36.4 Å². The lowest BCUT2D eigenvalue weighted by Gasteiger charge is -2.43. The summed E-state index contributed by atoms with van der Waals surface area (Å²) in [6, 6.07) is 15.3. The zero-order valence-electron chi connectivity index (χ0n) is 15.9. The van der Waals surface area contributed by atoms with Crippen molar-refractivity contribution in [2.45, 2.75) is 37.4 Å². The summed E-state index contributed by atoms with van der Waals surface area (Å²) in [7, 11) is 4.16. The number of fused-ring (bicyclic) bond motifs is 1. The van der Waals surface area contributed by atoms with Gasteiger partial charge in [0.05, 0.1) is 6.04 Å². The quantitative estimate of drug-likeness (QED) is 0.900. The van der Waals surface area contributed by atoms with E-state index in [9.17, 15) is 9.18 Å². The van der Waals surface area contributed by atoms with Gasteiger partial charge < -0.3 is 15.1 Å². The first-order valence-corrected chi connectivity index (χ1v) is 9.60. The molecule has 142 valence electrons. The Morgan fingerprint density at radius 3 is 2.52 bits per heavy atom. The Labute approximate surface area is 160 Å². The third kappa shape index (κ3) is 3.56. The standard InChI is InChI=1S/C22H26FN3O/c1-25(2)19-13-18(14-19)24-22(27)26-12-11-15-5-3-4-6-20(15)21(26)16-7-9-17(23)10-8-16/h3-10,18-19,21H,11-14H2,1-2H3,(H,24,27)/t18-,19+,21-/m0/s1. The summed E-state index contributed by atoms with van der Waals surface area (Å²) in [6.07, 6.45) is 2.82. The highest BCUT2D eigenvalue weighted by molar-refractivity contribution is 5.76. The molecule has 1 aliphatic heterocycles. The first-order valence-electron chi connectivity index (χ1n) is 9.60. The predicted molar refractivity (Wildman–Crippen MR) is 104 cm³/mol. The van der Waals surface area contributed by atoms with E-state index in [4.69, 9.17) is 0 Å². The van der Waals surface area contributed by atoms with E-state index in [1.54, 1.807) is 12.1 Å². The molecule has 1 saturated carbocycles. The van der Waals surface area contributed by atoms with E-state index >= 15 is 0 Å². The van der Waals surface area contributed by atoms with Gasteiger partial charge in [-0.1, -0.05) is 36.4 Å². The van der Waals surface area contributed by atoms with Gasteiger partial charge in [0.1, 0.15) is 5.82 Å². The van der Waals surface area contributed by atoms with Crippen LogP contribution in [0.3, 0.4) is 0 Å². The molecule has 2 amide bonds. The number of carbonyl (C=O) groups excluding carboxylic acids is 1. The summed E-state index contributed by atoms with van der Waals surface area (Å²) < 4.78 is 13.4. The Kier molecular flexibility index (Phi) is 4.87. The monoisotopic (exact) mass is 367 g/mol. The lowest BCUT2D eigenvalue weighted by molar-refractivity contribution is 0.131. The minimum atomic E-state index is -0.261. The van der Waals surface area contributed by atoms with Gasteiger partial charge in [-0.2, -0.15) is 0 Å². The first kappa shape index (κ1) is 18.0. The van der Waals surface area contributed by atoms with Crippen LogP contribution in [0.5, 0.6) is 0 Å².